The highest BCUT2D eigenvalue weighted by Crippen LogP contribution is 2.38. The number of allylic oxidation sites excluding steroid dienone is 3. The van der Waals surface area contributed by atoms with Gasteiger partial charge in [0.15, 0.2) is 0 Å². The zero-order valence-corrected chi connectivity index (χ0v) is 14.7. The molecule has 124 valence electrons. The number of piperidine rings is 1. The van der Waals surface area contributed by atoms with Gasteiger partial charge in [0, 0.05) is 24.0 Å². The molecule has 6 heteroatoms. The highest BCUT2D eigenvalue weighted by atomic mass is 35.5. The number of nitrogens with zero attached hydrogens (tertiary/aromatic N) is 1. The van der Waals surface area contributed by atoms with Gasteiger partial charge in [0.2, 0.25) is 0 Å². The largest absolute Gasteiger partial charge is 0.444 e. The van der Waals surface area contributed by atoms with Gasteiger partial charge in [-0.3, -0.25) is 0 Å². The summed E-state index contributed by atoms with van der Waals surface area (Å²) in [5.41, 5.74) is -1.44. The quantitative estimate of drug-likeness (QED) is 0.736. The lowest BCUT2D eigenvalue weighted by molar-refractivity contribution is -0.0556. The molecule has 2 aliphatic rings. The van der Waals surface area contributed by atoms with Crippen LogP contribution in [0.2, 0.25) is 0 Å². The van der Waals surface area contributed by atoms with E-state index in [4.69, 9.17) is 27.9 Å². The van der Waals surface area contributed by atoms with Gasteiger partial charge in [-0.25, -0.2) is 4.79 Å². The maximum atomic E-state index is 12.1. The Morgan fingerprint density at radius 3 is 2.50 bits per heavy atom. The summed E-state index contributed by atoms with van der Waals surface area (Å²) in [6.45, 7) is 6.43. The molecule has 1 saturated heterocycles. The van der Waals surface area contributed by atoms with Crippen molar-refractivity contribution in [3.63, 3.8) is 0 Å². The molecule has 4 nitrogen and oxygen atoms in total. The molecular formula is C16H23Cl2NO3. The molecule has 2 unspecified atom stereocenters. The van der Waals surface area contributed by atoms with Gasteiger partial charge in [0.1, 0.15) is 5.60 Å². The smallest absolute Gasteiger partial charge is 0.410 e. The van der Waals surface area contributed by atoms with E-state index in [0.29, 0.717) is 31.0 Å². The molecule has 2 rings (SSSR count). The summed E-state index contributed by atoms with van der Waals surface area (Å²) < 4.78 is 5.36. The minimum atomic E-state index is -0.921. The van der Waals surface area contributed by atoms with Gasteiger partial charge in [0.25, 0.3) is 0 Å². The maximum Gasteiger partial charge on any atom is 0.410 e. The number of ether oxygens (including phenoxy) is 1. The van der Waals surface area contributed by atoms with Crippen molar-refractivity contribution >= 4 is 29.3 Å². The number of likely N-dealkylation sites (tertiary alicyclic amines) is 1. The van der Waals surface area contributed by atoms with E-state index in [2.05, 4.69) is 0 Å². The van der Waals surface area contributed by atoms with Crippen molar-refractivity contribution in [2.75, 3.05) is 13.1 Å². The zero-order chi connectivity index (χ0) is 16.5. The lowest BCUT2D eigenvalue weighted by atomic mass is 9.76. The van der Waals surface area contributed by atoms with Crippen LogP contribution in [0.5, 0.6) is 0 Å². The van der Waals surface area contributed by atoms with E-state index in [-0.39, 0.29) is 17.4 Å². The average Bonchev–Trinajstić information content (AvgIpc) is 2.36. The number of alkyl halides is 1. The number of halogens is 2. The van der Waals surface area contributed by atoms with Gasteiger partial charge in [-0.15, -0.1) is 11.6 Å². The van der Waals surface area contributed by atoms with Crippen molar-refractivity contribution in [1.82, 2.24) is 4.90 Å². The lowest BCUT2D eigenvalue weighted by Crippen LogP contribution is -2.52. The van der Waals surface area contributed by atoms with E-state index < -0.39 is 11.2 Å². The van der Waals surface area contributed by atoms with Crippen LogP contribution in [-0.4, -0.2) is 45.8 Å². The summed E-state index contributed by atoms with van der Waals surface area (Å²) in [6, 6.07) is 0. The van der Waals surface area contributed by atoms with Crippen molar-refractivity contribution in [3.05, 3.63) is 23.3 Å². The predicted octanol–water partition coefficient (Wildman–Crippen LogP) is 3.66. The molecule has 2 atom stereocenters. The Labute approximate surface area is 141 Å². The molecule has 0 aromatic rings. The second-order valence-corrected chi connectivity index (χ2v) is 7.89. The predicted molar refractivity (Wildman–Crippen MR) is 88.2 cm³/mol. The number of rotatable bonds is 1. The number of aliphatic hydroxyl groups is 1. The topological polar surface area (TPSA) is 49.8 Å². The summed E-state index contributed by atoms with van der Waals surface area (Å²) >= 11 is 12.2. The minimum absolute atomic E-state index is 0.197. The van der Waals surface area contributed by atoms with Crippen molar-refractivity contribution < 1.29 is 14.6 Å². The number of carbonyl (C=O) groups excluding carboxylic acids is 1. The van der Waals surface area contributed by atoms with Crippen LogP contribution in [-0.2, 0) is 4.74 Å². The molecule has 22 heavy (non-hydrogen) atoms. The first-order valence-corrected chi connectivity index (χ1v) is 8.32. The molecule has 1 aliphatic carbocycles. The fraction of sp³-hybridized carbons (Fsp3) is 0.688. The van der Waals surface area contributed by atoms with E-state index in [1.165, 1.54) is 0 Å². The van der Waals surface area contributed by atoms with E-state index in [1.54, 1.807) is 17.1 Å². The van der Waals surface area contributed by atoms with Crippen LogP contribution in [0.25, 0.3) is 0 Å². The molecule has 0 aromatic carbocycles. The summed E-state index contributed by atoms with van der Waals surface area (Å²) in [7, 11) is 0. The van der Waals surface area contributed by atoms with Crippen LogP contribution in [0.15, 0.2) is 23.3 Å². The fourth-order valence-electron chi connectivity index (χ4n) is 2.82. The Bertz CT molecular complexity index is 488. The molecule has 1 amide bonds. The van der Waals surface area contributed by atoms with E-state index >= 15 is 0 Å². The van der Waals surface area contributed by atoms with E-state index in [1.807, 2.05) is 26.8 Å². The SMILES string of the molecule is CC(C)(C)OC(=O)N1CCC(O)(C2C=CC(Cl)=CC2Cl)CC1. The van der Waals surface area contributed by atoms with E-state index in [0.717, 1.165) is 0 Å². The third kappa shape index (κ3) is 4.18. The molecular weight excluding hydrogens is 325 g/mol. The standard InChI is InChI=1S/C16H23Cl2NO3/c1-15(2,3)22-14(20)19-8-6-16(21,7-9-19)12-5-4-11(17)10-13(12)18/h4-5,10,12-13,21H,6-9H2,1-3H3. The minimum Gasteiger partial charge on any atom is -0.444 e. The zero-order valence-electron chi connectivity index (χ0n) is 13.2. The Balaban J connectivity index is 1.96. The van der Waals surface area contributed by atoms with Crippen LogP contribution < -0.4 is 0 Å². The summed E-state index contributed by atoms with van der Waals surface area (Å²) in [5, 5.41) is 11.1. The summed E-state index contributed by atoms with van der Waals surface area (Å²) in [4.78, 5) is 13.7. The van der Waals surface area contributed by atoms with Crippen LogP contribution in [0.4, 0.5) is 4.79 Å². The summed E-state index contributed by atoms with van der Waals surface area (Å²) in [6.07, 6.45) is 5.98. The van der Waals surface area contributed by atoms with Gasteiger partial charge in [-0.05, 0) is 45.8 Å². The highest BCUT2D eigenvalue weighted by Gasteiger charge is 2.43. The fourth-order valence-corrected chi connectivity index (χ4v) is 3.55. The number of carbonyl (C=O) groups is 1. The van der Waals surface area contributed by atoms with Crippen molar-refractivity contribution in [2.24, 2.45) is 5.92 Å². The van der Waals surface area contributed by atoms with Crippen LogP contribution in [0.3, 0.4) is 0 Å². The molecule has 0 radical (unpaired) electrons. The number of hydrogen-bond acceptors (Lipinski definition) is 3. The Hall–Kier alpha value is -0.710. The normalized spacial score (nSPS) is 28.3. The van der Waals surface area contributed by atoms with Gasteiger partial charge in [0.05, 0.1) is 11.0 Å². The highest BCUT2D eigenvalue weighted by molar-refractivity contribution is 6.32. The molecule has 0 aromatic heterocycles. The molecule has 1 fully saturated rings. The Kier molecular flexibility index (Phi) is 5.15. The second kappa shape index (κ2) is 6.42. The van der Waals surface area contributed by atoms with Gasteiger partial charge in [-0.1, -0.05) is 17.7 Å². The lowest BCUT2D eigenvalue weighted by Gasteiger charge is -2.43. The van der Waals surface area contributed by atoms with Gasteiger partial charge < -0.3 is 14.7 Å². The molecule has 0 saturated carbocycles. The molecule has 1 aliphatic heterocycles. The summed E-state index contributed by atoms with van der Waals surface area (Å²) in [5.74, 6) is -0.197. The van der Waals surface area contributed by atoms with Gasteiger partial charge >= 0.3 is 6.09 Å². The van der Waals surface area contributed by atoms with Crippen LogP contribution >= 0.6 is 23.2 Å². The third-order valence-corrected chi connectivity index (χ3v) is 4.68. The van der Waals surface area contributed by atoms with Crippen molar-refractivity contribution in [1.29, 1.82) is 0 Å². The number of amides is 1. The third-order valence-electron chi connectivity index (χ3n) is 4.03. The molecule has 0 bridgehead atoms. The Morgan fingerprint density at radius 2 is 2.00 bits per heavy atom. The first-order chi connectivity index (χ1) is 10.1. The second-order valence-electron chi connectivity index (χ2n) is 6.95. The monoisotopic (exact) mass is 347 g/mol. The molecule has 1 N–H and O–H groups in total. The first kappa shape index (κ1) is 17.6. The Morgan fingerprint density at radius 1 is 1.41 bits per heavy atom. The van der Waals surface area contributed by atoms with Crippen molar-refractivity contribution in [3.8, 4) is 0 Å². The molecule has 0 spiro atoms. The first-order valence-electron chi connectivity index (χ1n) is 7.51. The molecule has 1 heterocycles. The van der Waals surface area contributed by atoms with E-state index in [9.17, 15) is 9.90 Å². The number of hydrogen-bond donors (Lipinski definition) is 1. The average molecular weight is 348 g/mol. The van der Waals surface area contributed by atoms with Crippen LogP contribution in [0, 0.1) is 5.92 Å². The van der Waals surface area contributed by atoms with Gasteiger partial charge in [-0.2, -0.15) is 0 Å². The maximum absolute atomic E-state index is 12.1. The van der Waals surface area contributed by atoms with Crippen LogP contribution in [0.1, 0.15) is 33.6 Å². The van der Waals surface area contributed by atoms with Crippen molar-refractivity contribution in [2.45, 2.75) is 50.2 Å².